The highest BCUT2D eigenvalue weighted by Gasteiger charge is 1.89. The Labute approximate surface area is 74.0 Å². The van der Waals surface area contributed by atoms with Gasteiger partial charge >= 0.3 is 0 Å². The first-order valence-electron chi connectivity index (χ1n) is 4.33. The first-order valence-corrected chi connectivity index (χ1v) is 4.33. The summed E-state index contributed by atoms with van der Waals surface area (Å²) in [4.78, 5) is 10.5. The summed E-state index contributed by atoms with van der Waals surface area (Å²) in [5.74, 6) is 6.13. The Balaban J connectivity index is 3.16. The van der Waals surface area contributed by atoms with E-state index in [1.54, 1.807) is 6.92 Å². The molecule has 0 spiro atoms. The third-order valence-electron chi connectivity index (χ3n) is 1.42. The Morgan fingerprint density at radius 1 is 1.25 bits per heavy atom. The number of aliphatic hydroxyl groups is 1. The Morgan fingerprint density at radius 2 is 1.83 bits per heavy atom. The van der Waals surface area contributed by atoms with E-state index in [-0.39, 0.29) is 12.4 Å². The van der Waals surface area contributed by atoms with Gasteiger partial charge in [0.15, 0.2) is 0 Å². The number of carbonyl (C=O) groups excluding carboxylic acids is 1. The van der Waals surface area contributed by atoms with Crippen LogP contribution in [-0.2, 0) is 4.79 Å². The second-order valence-corrected chi connectivity index (χ2v) is 2.74. The number of ketones is 1. The topological polar surface area (TPSA) is 37.3 Å². The highest BCUT2D eigenvalue weighted by molar-refractivity contribution is 5.75. The van der Waals surface area contributed by atoms with Crippen molar-refractivity contribution >= 4 is 5.78 Å². The van der Waals surface area contributed by atoms with Crippen LogP contribution in [0, 0.1) is 11.8 Å². The van der Waals surface area contributed by atoms with Gasteiger partial charge in [-0.1, -0.05) is 0 Å². The molecule has 68 valence electrons. The lowest BCUT2D eigenvalue weighted by molar-refractivity contribution is -0.117. The SMILES string of the molecule is CC(=O)CCCC#CCCCO. The van der Waals surface area contributed by atoms with Crippen LogP contribution in [0.1, 0.15) is 39.0 Å². The van der Waals surface area contributed by atoms with Crippen molar-refractivity contribution in [3.8, 4) is 11.8 Å². The number of aliphatic hydroxyl groups excluding tert-OH is 1. The molecule has 0 rings (SSSR count). The Hall–Kier alpha value is -0.810. The second kappa shape index (κ2) is 8.29. The molecule has 0 saturated heterocycles. The van der Waals surface area contributed by atoms with E-state index in [0.29, 0.717) is 6.42 Å². The molecule has 2 heteroatoms. The monoisotopic (exact) mass is 168 g/mol. The first-order chi connectivity index (χ1) is 5.77. The smallest absolute Gasteiger partial charge is 0.129 e. The van der Waals surface area contributed by atoms with Crippen LogP contribution in [0.2, 0.25) is 0 Å². The Morgan fingerprint density at radius 3 is 2.33 bits per heavy atom. The number of Topliss-reactive ketones (excluding diaryl/α,β-unsaturated/α-hetero) is 1. The van der Waals surface area contributed by atoms with Gasteiger partial charge < -0.3 is 9.90 Å². The maximum atomic E-state index is 10.5. The van der Waals surface area contributed by atoms with Crippen molar-refractivity contribution in [2.75, 3.05) is 6.61 Å². The average Bonchev–Trinajstić information content (AvgIpc) is 2.02. The molecule has 0 aliphatic carbocycles. The van der Waals surface area contributed by atoms with Crippen LogP contribution in [0.4, 0.5) is 0 Å². The van der Waals surface area contributed by atoms with E-state index in [0.717, 1.165) is 25.7 Å². The molecular formula is C10H16O2. The molecule has 12 heavy (non-hydrogen) atoms. The second-order valence-electron chi connectivity index (χ2n) is 2.74. The van der Waals surface area contributed by atoms with Crippen molar-refractivity contribution in [3.63, 3.8) is 0 Å². The fraction of sp³-hybridized carbons (Fsp3) is 0.700. The standard InChI is InChI=1S/C10H16O2/c1-10(12)8-6-4-2-3-5-7-9-11/h11H,4-9H2,1H3. The fourth-order valence-electron chi connectivity index (χ4n) is 0.770. The van der Waals surface area contributed by atoms with Crippen LogP contribution in [-0.4, -0.2) is 17.5 Å². The van der Waals surface area contributed by atoms with Crippen LogP contribution >= 0.6 is 0 Å². The van der Waals surface area contributed by atoms with Crippen LogP contribution in [0.5, 0.6) is 0 Å². The van der Waals surface area contributed by atoms with E-state index >= 15 is 0 Å². The Bertz CT molecular complexity index is 174. The predicted molar refractivity (Wildman–Crippen MR) is 48.6 cm³/mol. The van der Waals surface area contributed by atoms with Crippen molar-refractivity contribution in [1.29, 1.82) is 0 Å². The quantitative estimate of drug-likeness (QED) is 0.499. The highest BCUT2D eigenvalue weighted by Crippen LogP contribution is 1.94. The van der Waals surface area contributed by atoms with Crippen LogP contribution in [0.3, 0.4) is 0 Å². The lowest BCUT2D eigenvalue weighted by Crippen LogP contribution is -1.87. The Kier molecular flexibility index (Phi) is 7.73. The lowest BCUT2D eigenvalue weighted by Gasteiger charge is -1.88. The summed E-state index contributed by atoms with van der Waals surface area (Å²) in [6.45, 7) is 1.81. The van der Waals surface area contributed by atoms with Crippen LogP contribution in [0.15, 0.2) is 0 Å². The first kappa shape index (κ1) is 11.2. The number of hydrogen-bond donors (Lipinski definition) is 1. The van der Waals surface area contributed by atoms with Gasteiger partial charge in [0.05, 0.1) is 0 Å². The number of unbranched alkanes of at least 4 members (excludes halogenated alkanes) is 2. The van der Waals surface area contributed by atoms with E-state index in [4.69, 9.17) is 5.11 Å². The van der Waals surface area contributed by atoms with E-state index < -0.39 is 0 Å². The minimum absolute atomic E-state index is 0.210. The maximum Gasteiger partial charge on any atom is 0.129 e. The molecule has 0 amide bonds. The minimum Gasteiger partial charge on any atom is -0.396 e. The van der Waals surface area contributed by atoms with Crippen molar-refractivity contribution in [1.82, 2.24) is 0 Å². The molecule has 0 saturated carbocycles. The van der Waals surface area contributed by atoms with Gasteiger partial charge in [-0.2, -0.15) is 0 Å². The van der Waals surface area contributed by atoms with E-state index in [9.17, 15) is 4.79 Å². The summed E-state index contributed by atoms with van der Waals surface area (Å²) in [5.41, 5.74) is 0. The average molecular weight is 168 g/mol. The molecule has 0 radical (unpaired) electrons. The summed E-state index contributed by atoms with van der Waals surface area (Å²) in [6, 6.07) is 0. The molecule has 0 heterocycles. The minimum atomic E-state index is 0.210. The molecule has 0 aliphatic rings. The van der Waals surface area contributed by atoms with E-state index in [2.05, 4.69) is 11.8 Å². The zero-order valence-electron chi connectivity index (χ0n) is 7.60. The molecule has 0 atom stereocenters. The van der Waals surface area contributed by atoms with E-state index in [1.165, 1.54) is 0 Å². The van der Waals surface area contributed by atoms with Gasteiger partial charge in [-0.25, -0.2) is 0 Å². The molecule has 1 N–H and O–H groups in total. The zero-order chi connectivity index (χ0) is 9.23. The molecule has 0 fully saturated rings. The van der Waals surface area contributed by atoms with Crippen molar-refractivity contribution < 1.29 is 9.90 Å². The molecule has 2 nitrogen and oxygen atoms in total. The van der Waals surface area contributed by atoms with Crippen molar-refractivity contribution in [2.24, 2.45) is 0 Å². The van der Waals surface area contributed by atoms with E-state index in [1.807, 2.05) is 0 Å². The van der Waals surface area contributed by atoms with Crippen LogP contribution < -0.4 is 0 Å². The summed E-state index contributed by atoms with van der Waals surface area (Å²) < 4.78 is 0. The predicted octanol–water partition coefficient (Wildman–Crippen LogP) is 1.52. The normalized spacial score (nSPS) is 8.83. The lowest BCUT2D eigenvalue weighted by atomic mass is 10.2. The van der Waals surface area contributed by atoms with Crippen LogP contribution in [0.25, 0.3) is 0 Å². The molecular weight excluding hydrogens is 152 g/mol. The third-order valence-corrected chi connectivity index (χ3v) is 1.42. The van der Waals surface area contributed by atoms with Gasteiger partial charge in [-0.15, -0.1) is 11.8 Å². The largest absolute Gasteiger partial charge is 0.396 e. The number of rotatable bonds is 5. The van der Waals surface area contributed by atoms with Gasteiger partial charge in [0.1, 0.15) is 5.78 Å². The number of carbonyl (C=O) groups is 1. The van der Waals surface area contributed by atoms with Gasteiger partial charge in [-0.05, 0) is 19.8 Å². The maximum absolute atomic E-state index is 10.5. The van der Waals surface area contributed by atoms with Gasteiger partial charge in [0, 0.05) is 25.9 Å². The number of hydrogen-bond acceptors (Lipinski definition) is 2. The summed E-state index contributed by atoms with van der Waals surface area (Å²) in [7, 11) is 0. The fourth-order valence-corrected chi connectivity index (χ4v) is 0.770. The molecule has 0 aromatic rings. The molecule has 0 aromatic heterocycles. The summed E-state index contributed by atoms with van der Waals surface area (Å²) in [5, 5.41) is 8.43. The molecule has 0 aromatic carbocycles. The van der Waals surface area contributed by atoms with Crippen molar-refractivity contribution in [3.05, 3.63) is 0 Å². The zero-order valence-corrected chi connectivity index (χ0v) is 7.60. The molecule has 0 unspecified atom stereocenters. The third kappa shape index (κ3) is 9.19. The van der Waals surface area contributed by atoms with Crippen molar-refractivity contribution in [2.45, 2.75) is 39.0 Å². The molecule has 0 aliphatic heterocycles. The summed E-state index contributed by atoms with van der Waals surface area (Å²) in [6.07, 6.45) is 3.80. The molecule has 0 bridgehead atoms. The highest BCUT2D eigenvalue weighted by atomic mass is 16.2. The van der Waals surface area contributed by atoms with Gasteiger partial charge in [0.25, 0.3) is 0 Å². The summed E-state index contributed by atoms with van der Waals surface area (Å²) >= 11 is 0. The van der Waals surface area contributed by atoms with Gasteiger partial charge in [0.2, 0.25) is 0 Å². The van der Waals surface area contributed by atoms with Gasteiger partial charge in [-0.3, -0.25) is 0 Å².